The molecule has 7 heteroatoms. The van der Waals surface area contributed by atoms with Gasteiger partial charge in [-0.05, 0) is 36.4 Å². The van der Waals surface area contributed by atoms with Crippen LogP contribution in [-0.2, 0) is 14.3 Å². The van der Waals surface area contributed by atoms with E-state index >= 15 is 0 Å². The molecule has 0 aliphatic carbocycles. The first-order valence-electron chi connectivity index (χ1n) is 8.35. The van der Waals surface area contributed by atoms with Gasteiger partial charge in [0, 0.05) is 48.7 Å². The Balaban J connectivity index is 1.51. The number of anilines is 2. The molecule has 1 aliphatic rings. The number of ketones is 1. The summed E-state index contributed by atoms with van der Waals surface area (Å²) in [5.41, 5.74) is 1.89. The molecule has 1 fully saturated rings. The maximum absolute atomic E-state index is 12.0. The van der Waals surface area contributed by atoms with Gasteiger partial charge in [0.25, 0.3) is 5.91 Å². The monoisotopic (exact) mass is 353 g/mol. The van der Waals surface area contributed by atoms with Gasteiger partial charge in [-0.1, -0.05) is 0 Å². The lowest BCUT2D eigenvalue weighted by Crippen LogP contribution is -2.41. The van der Waals surface area contributed by atoms with Crippen LogP contribution in [0.4, 0.5) is 11.4 Å². The second kappa shape index (κ2) is 8.35. The van der Waals surface area contributed by atoms with Crippen LogP contribution >= 0.6 is 0 Å². The molecule has 2 heterocycles. The summed E-state index contributed by atoms with van der Waals surface area (Å²) in [6, 6.07) is 10.4. The van der Waals surface area contributed by atoms with Crippen molar-refractivity contribution in [2.45, 2.75) is 12.8 Å². The van der Waals surface area contributed by atoms with Gasteiger partial charge in [-0.15, -0.1) is 0 Å². The fourth-order valence-corrected chi connectivity index (χ4v) is 2.64. The Hall–Kier alpha value is -3.06. The Kier molecular flexibility index (Phi) is 5.70. The highest BCUT2D eigenvalue weighted by Crippen LogP contribution is 2.20. The number of carbonyl (C=O) groups is 3. The van der Waals surface area contributed by atoms with Crippen molar-refractivity contribution in [3.05, 3.63) is 54.4 Å². The standard InChI is InChI=1S/C19H19N3O4/c23-17(14-2-1-9-20-12-14)7-8-18(24)21-15-3-5-16(6-4-15)22-10-11-26-13-19(22)25/h1-6,9,12H,7-8,10-11,13H2,(H,21,24). The predicted octanol–water partition coefficient (Wildman–Crippen LogP) is 2.05. The van der Waals surface area contributed by atoms with Gasteiger partial charge in [0.1, 0.15) is 6.61 Å². The fraction of sp³-hybridized carbons (Fsp3) is 0.263. The van der Waals surface area contributed by atoms with Gasteiger partial charge in [-0.3, -0.25) is 19.4 Å². The summed E-state index contributed by atoms with van der Waals surface area (Å²) in [7, 11) is 0. The molecule has 0 atom stereocenters. The SMILES string of the molecule is O=C(CCC(=O)c1cccnc1)Nc1ccc(N2CCOCC2=O)cc1. The quantitative estimate of drug-likeness (QED) is 0.803. The molecule has 3 rings (SSSR count). The zero-order valence-corrected chi connectivity index (χ0v) is 14.2. The minimum absolute atomic E-state index is 0.0815. The van der Waals surface area contributed by atoms with Crippen molar-refractivity contribution < 1.29 is 19.1 Å². The van der Waals surface area contributed by atoms with Crippen molar-refractivity contribution in [2.75, 3.05) is 30.0 Å². The normalized spacial score (nSPS) is 14.2. The molecule has 1 saturated heterocycles. The maximum atomic E-state index is 12.0. The third-order valence-electron chi connectivity index (χ3n) is 4.01. The molecule has 1 aromatic heterocycles. The van der Waals surface area contributed by atoms with Crippen LogP contribution in [0.15, 0.2) is 48.8 Å². The van der Waals surface area contributed by atoms with Crippen LogP contribution in [0.5, 0.6) is 0 Å². The van der Waals surface area contributed by atoms with Crippen LogP contribution in [0, 0.1) is 0 Å². The average molecular weight is 353 g/mol. The van der Waals surface area contributed by atoms with Gasteiger partial charge < -0.3 is 15.0 Å². The topological polar surface area (TPSA) is 88.6 Å². The van der Waals surface area contributed by atoms with E-state index in [-0.39, 0.29) is 37.0 Å². The van der Waals surface area contributed by atoms with Crippen LogP contribution in [0.1, 0.15) is 23.2 Å². The highest BCUT2D eigenvalue weighted by molar-refractivity contribution is 6.00. The third kappa shape index (κ3) is 4.52. The first kappa shape index (κ1) is 17.8. The molecule has 0 bridgehead atoms. The predicted molar refractivity (Wildman–Crippen MR) is 96.0 cm³/mol. The summed E-state index contributed by atoms with van der Waals surface area (Å²) in [4.78, 5) is 41.4. The van der Waals surface area contributed by atoms with E-state index in [1.165, 1.54) is 6.20 Å². The Labute approximate surface area is 151 Å². The molecule has 2 amide bonds. The van der Waals surface area contributed by atoms with Gasteiger partial charge in [-0.2, -0.15) is 0 Å². The number of ether oxygens (including phenoxy) is 1. The Bertz CT molecular complexity index is 790. The molecule has 134 valence electrons. The van der Waals surface area contributed by atoms with Gasteiger partial charge in [0.05, 0.1) is 6.61 Å². The van der Waals surface area contributed by atoms with Crippen molar-refractivity contribution in [1.29, 1.82) is 0 Å². The zero-order valence-electron chi connectivity index (χ0n) is 14.2. The number of morpholine rings is 1. The molecule has 0 spiro atoms. The van der Waals surface area contributed by atoms with E-state index in [2.05, 4.69) is 10.3 Å². The molecule has 0 saturated carbocycles. The molecular formula is C19H19N3O4. The first-order chi connectivity index (χ1) is 12.6. The summed E-state index contributed by atoms with van der Waals surface area (Å²) in [6.45, 7) is 1.11. The summed E-state index contributed by atoms with van der Waals surface area (Å²) in [6.07, 6.45) is 3.30. The molecule has 1 aromatic carbocycles. The number of benzene rings is 1. The van der Waals surface area contributed by atoms with Crippen LogP contribution in [0.2, 0.25) is 0 Å². The molecule has 7 nitrogen and oxygen atoms in total. The molecule has 1 N–H and O–H groups in total. The van der Waals surface area contributed by atoms with Gasteiger partial charge >= 0.3 is 0 Å². The van der Waals surface area contributed by atoms with Gasteiger partial charge in [0.2, 0.25) is 5.91 Å². The number of nitrogens with zero attached hydrogens (tertiary/aromatic N) is 2. The van der Waals surface area contributed by atoms with E-state index in [1.807, 2.05) is 0 Å². The highest BCUT2D eigenvalue weighted by Gasteiger charge is 2.20. The second-order valence-electron chi connectivity index (χ2n) is 5.86. The smallest absolute Gasteiger partial charge is 0.253 e. The summed E-state index contributed by atoms with van der Waals surface area (Å²) in [5, 5.41) is 2.76. The van der Waals surface area contributed by atoms with Gasteiger partial charge in [0.15, 0.2) is 5.78 Å². The van der Waals surface area contributed by atoms with E-state index < -0.39 is 0 Å². The molecule has 2 aromatic rings. The molecule has 0 radical (unpaired) electrons. The molecule has 26 heavy (non-hydrogen) atoms. The number of nitrogens with one attached hydrogen (secondary N) is 1. The number of hydrogen-bond donors (Lipinski definition) is 1. The van der Waals surface area contributed by atoms with Crippen molar-refractivity contribution in [3.63, 3.8) is 0 Å². The number of amides is 2. The second-order valence-corrected chi connectivity index (χ2v) is 5.86. The highest BCUT2D eigenvalue weighted by atomic mass is 16.5. The Morgan fingerprint density at radius 2 is 1.96 bits per heavy atom. The van der Waals surface area contributed by atoms with Crippen LogP contribution in [0.25, 0.3) is 0 Å². The number of aromatic nitrogens is 1. The van der Waals surface area contributed by atoms with Crippen molar-refractivity contribution in [2.24, 2.45) is 0 Å². The summed E-state index contributed by atoms with van der Waals surface area (Å²) >= 11 is 0. The number of hydrogen-bond acceptors (Lipinski definition) is 5. The fourth-order valence-electron chi connectivity index (χ4n) is 2.64. The summed E-state index contributed by atoms with van der Waals surface area (Å²) in [5.74, 6) is -0.436. The largest absolute Gasteiger partial charge is 0.370 e. The van der Waals surface area contributed by atoms with E-state index in [1.54, 1.807) is 47.5 Å². The van der Waals surface area contributed by atoms with E-state index in [9.17, 15) is 14.4 Å². The summed E-state index contributed by atoms with van der Waals surface area (Å²) < 4.78 is 5.11. The van der Waals surface area contributed by atoms with Crippen LogP contribution in [0.3, 0.4) is 0 Å². The molecule has 1 aliphatic heterocycles. The Morgan fingerprint density at radius 1 is 1.15 bits per heavy atom. The zero-order chi connectivity index (χ0) is 18.4. The van der Waals surface area contributed by atoms with Crippen LogP contribution in [-0.4, -0.2) is 42.3 Å². The van der Waals surface area contributed by atoms with Gasteiger partial charge in [-0.25, -0.2) is 0 Å². The minimum Gasteiger partial charge on any atom is -0.370 e. The third-order valence-corrected chi connectivity index (χ3v) is 4.01. The van der Waals surface area contributed by atoms with Crippen molar-refractivity contribution in [3.8, 4) is 0 Å². The maximum Gasteiger partial charge on any atom is 0.253 e. The van der Waals surface area contributed by atoms with E-state index in [0.717, 1.165) is 5.69 Å². The molecular weight excluding hydrogens is 334 g/mol. The average Bonchev–Trinajstić information content (AvgIpc) is 2.68. The van der Waals surface area contributed by atoms with E-state index in [4.69, 9.17) is 4.74 Å². The lowest BCUT2D eigenvalue weighted by Gasteiger charge is -2.26. The Morgan fingerprint density at radius 3 is 2.65 bits per heavy atom. The number of pyridine rings is 1. The lowest BCUT2D eigenvalue weighted by molar-refractivity contribution is -0.125. The number of carbonyl (C=O) groups excluding carboxylic acids is 3. The van der Waals surface area contributed by atoms with Crippen molar-refractivity contribution in [1.82, 2.24) is 4.98 Å². The van der Waals surface area contributed by atoms with Crippen LogP contribution < -0.4 is 10.2 Å². The van der Waals surface area contributed by atoms with E-state index in [0.29, 0.717) is 24.4 Å². The lowest BCUT2D eigenvalue weighted by atomic mass is 10.1. The number of rotatable bonds is 6. The first-order valence-corrected chi connectivity index (χ1v) is 8.35. The molecule has 0 unspecified atom stereocenters. The minimum atomic E-state index is -0.238. The number of Topliss-reactive ketones (excluding diaryl/α,β-unsaturated/α-hetero) is 1. The van der Waals surface area contributed by atoms with Crippen molar-refractivity contribution >= 4 is 29.0 Å².